The Morgan fingerprint density at radius 2 is 2.33 bits per heavy atom. The molecule has 0 spiro atoms. The number of carbonyl (C=O) groups is 1. The number of amides is 1. The Labute approximate surface area is 95.1 Å². The van der Waals surface area contributed by atoms with Crippen molar-refractivity contribution in [3.63, 3.8) is 0 Å². The third-order valence-electron chi connectivity index (χ3n) is 1.75. The van der Waals surface area contributed by atoms with E-state index >= 15 is 0 Å². The molecule has 5 nitrogen and oxygen atoms in total. The second-order valence-electron chi connectivity index (χ2n) is 2.90. The van der Waals surface area contributed by atoms with Crippen LogP contribution < -0.4 is 23.0 Å². The van der Waals surface area contributed by atoms with Gasteiger partial charge in [0.15, 0.2) is 0 Å². The molecule has 0 bridgehead atoms. The predicted molar refractivity (Wildman–Crippen MR) is 51.7 cm³/mol. The van der Waals surface area contributed by atoms with Crippen LogP contribution in [0.1, 0.15) is 16.9 Å². The minimum absolute atomic E-state index is 0. The first-order chi connectivity index (χ1) is 6.84. The number of quaternary nitrogens is 1. The summed E-state index contributed by atoms with van der Waals surface area (Å²) in [5.41, 5.74) is 0.368. The van der Waals surface area contributed by atoms with Gasteiger partial charge in [-0.25, -0.2) is 4.98 Å². The highest BCUT2D eigenvalue weighted by Gasteiger charge is 2.04. The number of carbonyl (C=O) groups excluding carboxylic acids is 1. The van der Waals surface area contributed by atoms with Crippen LogP contribution in [0, 0.1) is 0 Å². The summed E-state index contributed by atoms with van der Waals surface area (Å²) in [4.78, 5) is 19.1. The number of rotatable bonds is 5. The van der Waals surface area contributed by atoms with E-state index in [1.54, 1.807) is 6.20 Å². The SMILES string of the molecule is C[NH2+]CCCNC(=O)c1cnccn1.[Cl-]. The van der Waals surface area contributed by atoms with Crippen molar-refractivity contribution in [2.75, 3.05) is 20.1 Å². The van der Waals surface area contributed by atoms with Gasteiger partial charge in [0.25, 0.3) is 5.91 Å². The van der Waals surface area contributed by atoms with E-state index in [9.17, 15) is 4.79 Å². The summed E-state index contributed by atoms with van der Waals surface area (Å²) in [6.45, 7) is 1.69. The quantitative estimate of drug-likeness (QED) is 0.504. The largest absolute Gasteiger partial charge is 1.00 e. The molecule has 0 aliphatic carbocycles. The normalized spacial score (nSPS) is 9.13. The van der Waals surface area contributed by atoms with Gasteiger partial charge in [-0.1, -0.05) is 0 Å². The highest BCUT2D eigenvalue weighted by molar-refractivity contribution is 5.91. The minimum Gasteiger partial charge on any atom is -1.00 e. The number of nitrogens with two attached hydrogens (primary N) is 1. The molecule has 0 radical (unpaired) electrons. The van der Waals surface area contributed by atoms with E-state index in [0.29, 0.717) is 12.2 Å². The van der Waals surface area contributed by atoms with Crippen LogP contribution in [0.2, 0.25) is 0 Å². The number of aromatic nitrogens is 2. The molecule has 1 amide bonds. The van der Waals surface area contributed by atoms with Crippen LogP contribution in [0.15, 0.2) is 18.6 Å². The van der Waals surface area contributed by atoms with Crippen molar-refractivity contribution in [1.82, 2.24) is 15.3 Å². The summed E-state index contributed by atoms with van der Waals surface area (Å²) >= 11 is 0. The summed E-state index contributed by atoms with van der Waals surface area (Å²) in [7, 11) is 2.00. The third-order valence-corrected chi connectivity index (χ3v) is 1.75. The van der Waals surface area contributed by atoms with E-state index in [-0.39, 0.29) is 18.3 Å². The maximum atomic E-state index is 11.4. The smallest absolute Gasteiger partial charge is 0.271 e. The second-order valence-corrected chi connectivity index (χ2v) is 2.90. The van der Waals surface area contributed by atoms with Crippen LogP contribution in [0.3, 0.4) is 0 Å². The van der Waals surface area contributed by atoms with Crippen molar-refractivity contribution in [2.24, 2.45) is 0 Å². The van der Waals surface area contributed by atoms with Crippen molar-refractivity contribution in [3.8, 4) is 0 Å². The van der Waals surface area contributed by atoms with Gasteiger partial charge >= 0.3 is 0 Å². The summed E-state index contributed by atoms with van der Waals surface area (Å²) in [6, 6.07) is 0. The maximum absolute atomic E-state index is 11.4. The van der Waals surface area contributed by atoms with Gasteiger partial charge in [0.05, 0.1) is 19.8 Å². The Balaban J connectivity index is 0.00000196. The maximum Gasteiger partial charge on any atom is 0.271 e. The van der Waals surface area contributed by atoms with E-state index in [4.69, 9.17) is 0 Å². The van der Waals surface area contributed by atoms with Crippen LogP contribution in [0.4, 0.5) is 0 Å². The highest BCUT2D eigenvalue weighted by Crippen LogP contribution is 1.88. The summed E-state index contributed by atoms with van der Waals surface area (Å²) < 4.78 is 0. The van der Waals surface area contributed by atoms with E-state index in [1.165, 1.54) is 12.4 Å². The summed E-state index contributed by atoms with van der Waals surface area (Å²) in [5.74, 6) is -0.158. The number of nitrogens with zero attached hydrogens (tertiary/aromatic N) is 2. The van der Waals surface area contributed by atoms with Crippen LogP contribution in [0.5, 0.6) is 0 Å². The van der Waals surface area contributed by atoms with Gasteiger partial charge < -0.3 is 23.0 Å². The van der Waals surface area contributed by atoms with Crippen LogP contribution in [-0.4, -0.2) is 36.0 Å². The van der Waals surface area contributed by atoms with Gasteiger partial charge in [-0.2, -0.15) is 0 Å². The molecule has 0 aliphatic rings. The molecule has 1 aromatic heterocycles. The zero-order valence-corrected chi connectivity index (χ0v) is 9.37. The molecular formula is C9H15ClN4O. The van der Waals surface area contributed by atoms with E-state index < -0.39 is 0 Å². The Bertz CT molecular complexity index is 281. The van der Waals surface area contributed by atoms with Crippen molar-refractivity contribution >= 4 is 5.91 Å². The summed E-state index contributed by atoms with van der Waals surface area (Å²) in [6.07, 6.45) is 5.47. The third kappa shape index (κ3) is 5.29. The molecule has 1 aromatic rings. The fourth-order valence-electron chi connectivity index (χ4n) is 1.02. The van der Waals surface area contributed by atoms with Gasteiger partial charge in [0.2, 0.25) is 0 Å². The van der Waals surface area contributed by atoms with E-state index in [1.807, 2.05) is 7.05 Å². The topological polar surface area (TPSA) is 71.5 Å². The van der Waals surface area contributed by atoms with Crippen LogP contribution in [-0.2, 0) is 0 Å². The molecule has 0 saturated carbocycles. The Kier molecular flexibility index (Phi) is 7.49. The zero-order valence-electron chi connectivity index (χ0n) is 8.61. The highest BCUT2D eigenvalue weighted by atomic mass is 35.5. The van der Waals surface area contributed by atoms with Crippen molar-refractivity contribution in [2.45, 2.75) is 6.42 Å². The molecule has 3 N–H and O–H groups in total. The lowest BCUT2D eigenvalue weighted by Gasteiger charge is -2.02. The first kappa shape index (κ1) is 13.8. The number of halogens is 1. The number of hydrogen-bond acceptors (Lipinski definition) is 3. The monoisotopic (exact) mass is 230 g/mol. The van der Waals surface area contributed by atoms with Crippen molar-refractivity contribution in [1.29, 1.82) is 0 Å². The Hall–Kier alpha value is -1.20. The fourth-order valence-corrected chi connectivity index (χ4v) is 1.02. The molecule has 0 aliphatic heterocycles. The minimum atomic E-state index is -0.158. The lowest BCUT2D eigenvalue weighted by molar-refractivity contribution is -0.626. The number of nitrogens with one attached hydrogen (secondary N) is 1. The lowest BCUT2D eigenvalue weighted by Crippen LogP contribution is -3.00. The molecule has 0 atom stereocenters. The number of hydrogen-bond donors (Lipinski definition) is 2. The second kappa shape index (κ2) is 8.14. The lowest BCUT2D eigenvalue weighted by atomic mass is 10.4. The molecule has 0 fully saturated rings. The summed E-state index contributed by atoms with van der Waals surface area (Å²) in [5, 5.41) is 4.85. The van der Waals surface area contributed by atoms with Crippen LogP contribution >= 0.6 is 0 Å². The van der Waals surface area contributed by atoms with Gasteiger partial charge in [-0.15, -0.1) is 0 Å². The van der Waals surface area contributed by atoms with Crippen LogP contribution in [0.25, 0.3) is 0 Å². The van der Waals surface area contributed by atoms with Gasteiger partial charge in [-0.05, 0) is 0 Å². The molecule has 6 heteroatoms. The van der Waals surface area contributed by atoms with E-state index in [2.05, 4.69) is 20.6 Å². The molecule has 1 heterocycles. The molecule has 0 saturated heterocycles. The van der Waals surface area contributed by atoms with E-state index in [0.717, 1.165) is 13.0 Å². The van der Waals surface area contributed by atoms with Crippen molar-refractivity contribution in [3.05, 3.63) is 24.3 Å². The molecule has 0 unspecified atom stereocenters. The average molecular weight is 231 g/mol. The predicted octanol–water partition coefficient (Wildman–Crippen LogP) is -4.21. The Morgan fingerprint density at radius 1 is 1.53 bits per heavy atom. The first-order valence-corrected chi connectivity index (χ1v) is 4.66. The fraction of sp³-hybridized carbons (Fsp3) is 0.444. The molecule has 1 rings (SSSR count). The standard InChI is InChI=1S/C9H14N4O.ClH/c1-10-3-2-4-13-9(14)8-7-11-5-6-12-8;/h5-7,10H,2-4H2,1H3,(H,13,14);1H. The molecular weight excluding hydrogens is 216 g/mol. The molecule has 84 valence electrons. The molecule has 0 aromatic carbocycles. The van der Waals surface area contributed by atoms with Gasteiger partial charge in [-0.3, -0.25) is 9.78 Å². The Morgan fingerprint density at radius 3 is 2.93 bits per heavy atom. The zero-order chi connectivity index (χ0) is 10.2. The molecule has 15 heavy (non-hydrogen) atoms. The van der Waals surface area contributed by atoms with Crippen molar-refractivity contribution < 1.29 is 22.5 Å². The first-order valence-electron chi connectivity index (χ1n) is 4.66. The van der Waals surface area contributed by atoms with Gasteiger partial charge in [0, 0.05) is 25.4 Å². The van der Waals surface area contributed by atoms with Gasteiger partial charge in [0.1, 0.15) is 5.69 Å². The average Bonchev–Trinajstić information content (AvgIpc) is 2.25.